The van der Waals surface area contributed by atoms with E-state index in [-0.39, 0.29) is 0 Å². The van der Waals surface area contributed by atoms with Crippen LogP contribution in [-0.2, 0) is 4.79 Å². The number of primary amides is 1. The van der Waals surface area contributed by atoms with Gasteiger partial charge in [-0.3, -0.25) is 4.79 Å². The highest BCUT2D eigenvalue weighted by Crippen LogP contribution is 1.86. The molecule has 0 aliphatic carbocycles. The zero-order valence-electron chi connectivity index (χ0n) is 5.56. The third-order valence-electron chi connectivity index (χ3n) is 0.822. The first-order valence-electron chi connectivity index (χ1n) is 2.57. The van der Waals surface area contributed by atoms with Crippen LogP contribution in [0.2, 0.25) is 0 Å². The number of nitrogens with two attached hydrogens (primary N) is 1. The molecule has 48 valence electrons. The lowest BCUT2D eigenvalue weighted by Gasteiger charge is -1.85. The maximum atomic E-state index is 10.3. The Morgan fingerprint density at radius 1 is 1.67 bits per heavy atom. The SMILES string of the molecule is CC#CC=C(C)C(N)=O. The van der Waals surface area contributed by atoms with E-state index in [0.717, 1.165) is 0 Å². The summed E-state index contributed by atoms with van der Waals surface area (Å²) in [6.45, 7) is 3.33. The van der Waals surface area contributed by atoms with E-state index in [1.807, 2.05) is 0 Å². The minimum atomic E-state index is -0.419. The molecule has 1 amide bonds. The van der Waals surface area contributed by atoms with Crippen molar-refractivity contribution in [1.29, 1.82) is 0 Å². The van der Waals surface area contributed by atoms with Crippen molar-refractivity contribution in [3.05, 3.63) is 11.6 Å². The Morgan fingerprint density at radius 2 is 2.22 bits per heavy atom. The van der Waals surface area contributed by atoms with Crippen LogP contribution < -0.4 is 5.73 Å². The molecule has 0 aromatic carbocycles. The third-order valence-corrected chi connectivity index (χ3v) is 0.822. The molecule has 0 heterocycles. The molecule has 0 bridgehead atoms. The molecule has 0 saturated carbocycles. The standard InChI is InChI=1S/C7H9NO/c1-3-4-5-6(2)7(8)9/h5H,1-2H3,(H2,8,9). The highest BCUT2D eigenvalue weighted by Gasteiger charge is 1.91. The van der Waals surface area contributed by atoms with E-state index in [4.69, 9.17) is 5.73 Å². The molecule has 0 rings (SSSR count). The zero-order valence-corrected chi connectivity index (χ0v) is 5.56. The lowest BCUT2D eigenvalue weighted by atomic mass is 10.3. The highest BCUT2D eigenvalue weighted by atomic mass is 16.1. The fourth-order valence-electron chi connectivity index (χ4n) is 0.252. The van der Waals surface area contributed by atoms with Gasteiger partial charge in [0.15, 0.2) is 0 Å². The third kappa shape index (κ3) is 3.36. The van der Waals surface area contributed by atoms with Crippen molar-refractivity contribution in [1.82, 2.24) is 0 Å². The molecule has 0 aliphatic rings. The zero-order chi connectivity index (χ0) is 7.28. The van der Waals surface area contributed by atoms with Gasteiger partial charge in [0.1, 0.15) is 0 Å². The number of carbonyl (C=O) groups is 1. The second-order valence-corrected chi connectivity index (χ2v) is 1.59. The summed E-state index contributed by atoms with van der Waals surface area (Å²) >= 11 is 0. The van der Waals surface area contributed by atoms with Gasteiger partial charge in [-0.1, -0.05) is 5.92 Å². The predicted octanol–water partition coefficient (Wildman–Crippen LogP) is 0.441. The first-order valence-corrected chi connectivity index (χ1v) is 2.57. The van der Waals surface area contributed by atoms with Crippen LogP contribution in [0.4, 0.5) is 0 Å². The lowest BCUT2D eigenvalue weighted by Crippen LogP contribution is -2.11. The van der Waals surface area contributed by atoms with Crippen molar-refractivity contribution < 1.29 is 4.79 Å². The van der Waals surface area contributed by atoms with Gasteiger partial charge in [0.2, 0.25) is 5.91 Å². The van der Waals surface area contributed by atoms with Gasteiger partial charge in [0.25, 0.3) is 0 Å². The van der Waals surface area contributed by atoms with Crippen LogP contribution in [0.3, 0.4) is 0 Å². The van der Waals surface area contributed by atoms with Gasteiger partial charge < -0.3 is 5.73 Å². The molecule has 2 heteroatoms. The van der Waals surface area contributed by atoms with Crippen molar-refractivity contribution in [3.63, 3.8) is 0 Å². The summed E-state index contributed by atoms with van der Waals surface area (Å²) in [7, 11) is 0. The summed E-state index contributed by atoms with van der Waals surface area (Å²) in [4.78, 5) is 10.3. The van der Waals surface area contributed by atoms with Crippen LogP contribution in [0, 0.1) is 11.8 Å². The van der Waals surface area contributed by atoms with Crippen LogP contribution in [0.5, 0.6) is 0 Å². The Bertz CT molecular complexity index is 193. The normalized spacial score (nSPS) is 9.78. The molecule has 0 aromatic heterocycles. The molecule has 9 heavy (non-hydrogen) atoms. The topological polar surface area (TPSA) is 43.1 Å². The second-order valence-electron chi connectivity index (χ2n) is 1.59. The lowest BCUT2D eigenvalue weighted by molar-refractivity contribution is -0.114. The summed E-state index contributed by atoms with van der Waals surface area (Å²) in [5.41, 5.74) is 5.39. The van der Waals surface area contributed by atoms with Crippen molar-refractivity contribution in [2.24, 2.45) is 5.73 Å². The molecule has 0 aromatic rings. The summed E-state index contributed by atoms with van der Waals surface area (Å²) < 4.78 is 0. The van der Waals surface area contributed by atoms with Gasteiger partial charge >= 0.3 is 0 Å². The first-order chi connectivity index (χ1) is 4.18. The molecule has 0 unspecified atom stereocenters. The average Bonchev–Trinajstić information content (AvgIpc) is 1.82. The maximum absolute atomic E-state index is 10.3. The Labute approximate surface area is 54.7 Å². The highest BCUT2D eigenvalue weighted by molar-refractivity contribution is 5.91. The molecular weight excluding hydrogens is 114 g/mol. The van der Waals surface area contributed by atoms with Gasteiger partial charge in [-0.2, -0.15) is 0 Å². The second kappa shape index (κ2) is 3.73. The number of amides is 1. The van der Waals surface area contributed by atoms with Gasteiger partial charge in [-0.25, -0.2) is 0 Å². The van der Waals surface area contributed by atoms with Crippen molar-refractivity contribution in [3.8, 4) is 11.8 Å². The minimum Gasteiger partial charge on any atom is -0.366 e. The number of rotatable bonds is 1. The number of hydrogen-bond donors (Lipinski definition) is 1. The minimum absolute atomic E-state index is 0.419. The van der Waals surface area contributed by atoms with Crippen LogP contribution in [0.15, 0.2) is 11.6 Å². The summed E-state index contributed by atoms with van der Waals surface area (Å²) in [6.07, 6.45) is 1.50. The van der Waals surface area contributed by atoms with Crippen LogP contribution in [0.25, 0.3) is 0 Å². The summed E-state index contributed by atoms with van der Waals surface area (Å²) in [5, 5.41) is 0. The van der Waals surface area contributed by atoms with Crippen LogP contribution in [0.1, 0.15) is 13.8 Å². The predicted molar refractivity (Wildman–Crippen MR) is 36.4 cm³/mol. The van der Waals surface area contributed by atoms with Crippen molar-refractivity contribution >= 4 is 5.91 Å². The van der Waals surface area contributed by atoms with Gasteiger partial charge in [0, 0.05) is 5.57 Å². The van der Waals surface area contributed by atoms with Crippen molar-refractivity contribution in [2.75, 3.05) is 0 Å². The van der Waals surface area contributed by atoms with E-state index in [1.54, 1.807) is 13.8 Å². The van der Waals surface area contributed by atoms with E-state index in [1.165, 1.54) is 6.08 Å². The van der Waals surface area contributed by atoms with Crippen LogP contribution in [-0.4, -0.2) is 5.91 Å². The fraction of sp³-hybridized carbons (Fsp3) is 0.286. The molecule has 0 atom stereocenters. The molecule has 2 N–H and O–H groups in total. The quantitative estimate of drug-likeness (QED) is 0.399. The smallest absolute Gasteiger partial charge is 0.244 e. The molecule has 0 radical (unpaired) electrons. The first kappa shape index (κ1) is 7.77. The molecule has 0 fully saturated rings. The van der Waals surface area contributed by atoms with E-state index in [0.29, 0.717) is 5.57 Å². The number of hydrogen-bond acceptors (Lipinski definition) is 1. The monoisotopic (exact) mass is 123 g/mol. The molecule has 0 aliphatic heterocycles. The molecule has 0 saturated heterocycles. The Hall–Kier alpha value is -1.23. The average molecular weight is 123 g/mol. The molecular formula is C7H9NO. The van der Waals surface area contributed by atoms with E-state index in [2.05, 4.69) is 11.8 Å². The van der Waals surface area contributed by atoms with Crippen molar-refractivity contribution in [2.45, 2.75) is 13.8 Å². The Kier molecular flexibility index (Phi) is 3.22. The molecule has 0 spiro atoms. The Morgan fingerprint density at radius 3 is 2.56 bits per heavy atom. The fourth-order valence-corrected chi connectivity index (χ4v) is 0.252. The summed E-state index contributed by atoms with van der Waals surface area (Å²) in [5.74, 6) is 4.82. The van der Waals surface area contributed by atoms with Gasteiger partial charge in [-0.05, 0) is 19.9 Å². The van der Waals surface area contributed by atoms with E-state index in [9.17, 15) is 4.79 Å². The van der Waals surface area contributed by atoms with Crippen LogP contribution >= 0.6 is 0 Å². The van der Waals surface area contributed by atoms with E-state index < -0.39 is 5.91 Å². The summed E-state index contributed by atoms with van der Waals surface area (Å²) in [6, 6.07) is 0. The van der Waals surface area contributed by atoms with E-state index >= 15 is 0 Å². The maximum Gasteiger partial charge on any atom is 0.244 e. The largest absolute Gasteiger partial charge is 0.366 e. The Balaban J connectivity index is 4.11. The molecule has 2 nitrogen and oxygen atoms in total. The van der Waals surface area contributed by atoms with Gasteiger partial charge in [0.05, 0.1) is 0 Å². The number of carbonyl (C=O) groups excluding carboxylic acids is 1. The van der Waals surface area contributed by atoms with Gasteiger partial charge in [-0.15, -0.1) is 5.92 Å². The number of allylic oxidation sites excluding steroid dienone is 1.